The quantitative estimate of drug-likeness (QED) is 0.538. The lowest BCUT2D eigenvalue weighted by molar-refractivity contribution is -0.150. The van der Waals surface area contributed by atoms with E-state index in [1.807, 2.05) is 0 Å². The third-order valence-electron chi connectivity index (χ3n) is 2.29. The Morgan fingerprint density at radius 2 is 1.53 bits per heavy atom. The van der Waals surface area contributed by atoms with Crippen molar-refractivity contribution in [2.24, 2.45) is 5.41 Å². The molecule has 0 aliphatic rings. The second-order valence-electron chi connectivity index (χ2n) is 3.05. The number of rotatable bonds is 7. The van der Waals surface area contributed by atoms with Crippen LogP contribution >= 0.6 is 23.2 Å². The number of aliphatic carboxylic acids is 2. The van der Waals surface area contributed by atoms with Gasteiger partial charge in [0.25, 0.3) is 0 Å². The van der Waals surface area contributed by atoms with Gasteiger partial charge in [0.15, 0.2) is 0 Å². The molecule has 2 N–H and O–H groups in total. The van der Waals surface area contributed by atoms with E-state index in [1.165, 1.54) is 0 Å². The number of carboxylic acids is 2. The van der Waals surface area contributed by atoms with Crippen LogP contribution in [-0.4, -0.2) is 33.9 Å². The Labute approximate surface area is 97.5 Å². The first-order chi connectivity index (χ1) is 6.92. The Hall–Kier alpha value is -0.740. The third kappa shape index (κ3) is 3.11. The zero-order valence-corrected chi connectivity index (χ0v) is 9.51. The first-order valence-corrected chi connectivity index (χ1v) is 5.27. The van der Waals surface area contributed by atoms with Crippen LogP contribution in [0.2, 0.25) is 0 Å². The molecule has 86 valence electrons. The molecule has 0 aromatic carbocycles. The van der Waals surface area contributed by atoms with Crippen molar-refractivity contribution < 1.29 is 19.8 Å². The smallest absolute Gasteiger partial charge is 0.332 e. The average Bonchev–Trinajstić information content (AvgIpc) is 2.15. The topological polar surface area (TPSA) is 74.6 Å². The number of carbonyl (C=O) groups is 2. The molecule has 0 spiro atoms. The molecule has 0 fully saturated rings. The van der Waals surface area contributed by atoms with Gasteiger partial charge in [-0.25, -0.2) is 4.79 Å². The molecule has 0 radical (unpaired) electrons. The van der Waals surface area contributed by atoms with Gasteiger partial charge < -0.3 is 10.2 Å². The zero-order chi connectivity index (χ0) is 12.1. The van der Waals surface area contributed by atoms with Crippen LogP contribution in [0.15, 0.2) is 12.2 Å². The molecule has 0 saturated heterocycles. The van der Waals surface area contributed by atoms with Crippen LogP contribution < -0.4 is 0 Å². The minimum atomic E-state index is -1.56. The summed E-state index contributed by atoms with van der Waals surface area (Å²) in [5.41, 5.74) is -1.94. The third-order valence-corrected chi connectivity index (χ3v) is 2.67. The van der Waals surface area contributed by atoms with Gasteiger partial charge in [-0.15, -0.1) is 23.2 Å². The Balaban J connectivity index is 5.19. The summed E-state index contributed by atoms with van der Waals surface area (Å²) in [5.74, 6) is -2.52. The summed E-state index contributed by atoms with van der Waals surface area (Å²) in [6.45, 7) is 3.29. The maximum absolute atomic E-state index is 11.1. The second kappa shape index (κ2) is 5.98. The Kier molecular flexibility index (Phi) is 5.68. The SMILES string of the molecule is C=C(C(=O)O)C(CCCl)(CCCl)C(=O)O. The predicted octanol–water partition coefficient (Wildman–Crippen LogP) is 1.96. The summed E-state index contributed by atoms with van der Waals surface area (Å²) in [6.07, 6.45) is 0.00346. The average molecular weight is 255 g/mol. The van der Waals surface area contributed by atoms with Crippen LogP contribution in [0.1, 0.15) is 12.8 Å². The van der Waals surface area contributed by atoms with Gasteiger partial charge in [-0.05, 0) is 12.8 Å². The Bertz CT molecular complexity index is 269. The summed E-state index contributed by atoms with van der Waals surface area (Å²) >= 11 is 10.9. The maximum atomic E-state index is 11.1. The van der Waals surface area contributed by atoms with E-state index < -0.39 is 17.4 Å². The molecule has 0 saturated carbocycles. The van der Waals surface area contributed by atoms with Gasteiger partial charge in [-0.1, -0.05) is 6.58 Å². The molecular formula is C9H12Cl2O4. The summed E-state index contributed by atoms with van der Waals surface area (Å²) in [4.78, 5) is 21.9. The van der Waals surface area contributed by atoms with Crippen LogP contribution in [0.25, 0.3) is 0 Å². The lowest BCUT2D eigenvalue weighted by Crippen LogP contribution is -2.37. The van der Waals surface area contributed by atoms with E-state index >= 15 is 0 Å². The standard InChI is InChI=1S/C9H12Cl2O4/c1-6(7(12)13)9(2-4-10,3-5-11)8(14)15/h1-5H2,(H,12,13)(H,14,15). The molecular weight excluding hydrogens is 243 g/mol. The van der Waals surface area contributed by atoms with Crippen LogP contribution in [-0.2, 0) is 9.59 Å². The summed E-state index contributed by atoms with van der Waals surface area (Å²) in [5, 5.41) is 17.8. The Morgan fingerprint density at radius 3 is 1.73 bits per heavy atom. The molecule has 15 heavy (non-hydrogen) atoms. The minimum absolute atomic E-state index is 0.00173. The number of hydrogen-bond donors (Lipinski definition) is 2. The monoisotopic (exact) mass is 254 g/mol. The summed E-state index contributed by atoms with van der Waals surface area (Å²) in [7, 11) is 0. The van der Waals surface area contributed by atoms with E-state index in [0.29, 0.717) is 0 Å². The van der Waals surface area contributed by atoms with Crippen molar-refractivity contribution in [3.05, 3.63) is 12.2 Å². The predicted molar refractivity (Wildman–Crippen MR) is 57.5 cm³/mol. The van der Waals surface area contributed by atoms with Crippen molar-refractivity contribution in [3.8, 4) is 0 Å². The highest BCUT2D eigenvalue weighted by atomic mass is 35.5. The van der Waals surface area contributed by atoms with Gasteiger partial charge in [0.2, 0.25) is 0 Å². The van der Waals surface area contributed by atoms with Crippen LogP contribution in [0.4, 0.5) is 0 Å². The second-order valence-corrected chi connectivity index (χ2v) is 3.80. The van der Waals surface area contributed by atoms with Crippen LogP contribution in [0.3, 0.4) is 0 Å². The van der Waals surface area contributed by atoms with E-state index in [4.69, 9.17) is 33.4 Å². The molecule has 4 nitrogen and oxygen atoms in total. The van der Waals surface area contributed by atoms with E-state index in [1.54, 1.807) is 0 Å². The van der Waals surface area contributed by atoms with Crippen LogP contribution in [0, 0.1) is 5.41 Å². The number of halogens is 2. The molecule has 0 bridgehead atoms. The molecule has 0 atom stereocenters. The fourth-order valence-corrected chi connectivity index (χ4v) is 1.94. The molecule has 6 heteroatoms. The van der Waals surface area contributed by atoms with Gasteiger partial charge in [0, 0.05) is 17.3 Å². The van der Waals surface area contributed by atoms with Crippen molar-refractivity contribution >= 4 is 35.1 Å². The number of alkyl halides is 2. The highest BCUT2D eigenvalue weighted by molar-refractivity contribution is 6.18. The van der Waals surface area contributed by atoms with E-state index in [2.05, 4.69) is 6.58 Å². The zero-order valence-electron chi connectivity index (χ0n) is 8.00. The van der Waals surface area contributed by atoms with Gasteiger partial charge in [0.05, 0.1) is 0 Å². The van der Waals surface area contributed by atoms with Crippen molar-refractivity contribution in [1.29, 1.82) is 0 Å². The van der Waals surface area contributed by atoms with E-state index in [-0.39, 0.29) is 30.2 Å². The fourth-order valence-electron chi connectivity index (χ4n) is 1.30. The number of carboxylic acid groups (broad SMARTS) is 2. The minimum Gasteiger partial charge on any atom is -0.481 e. The lowest BCUT2D eigenvalue weighted by Gasteiger charge is -2.27. The van der Waals surface area contributed by atoms with Gasteiger partial charge in [-0.2, -0.15) is 0 Å². The first-order valence-electron chi connectivity index (χ1n) is 4.20. The van der Waals surface area contributed by atoms with Crippen molar-refractivity contribution in [2.75, 3.05) is 11.8 Å². The van der Waals surface area contributed by atoms with Gasteiger partial charge in [-0.3, -0.25) is 4.79 Å². The summed E-state index contributed by atoms with van der Waals surface area (Å²) in [6, 6.07) is 0. The molecule has 0 heterocycles. The molecule has 0 amide bonds. The van der Waals surface area contributed by atoms with Crippen molar-refractivity contribution in [2.45, 2.75) is 12.8 Å². The van der Waals surface area contributed by atoms with Gasteiger partial charge in [0.1, 0.15) is 5.41 Å². The summed E-state index contributed by atoms with van der Waals surface area (Å²) < 4.78 is 0. The maximum Gasteiger partial charge on any atom is 0.332 e. The largest absolute Gasteiger partial charge is 0.481 e. The number of hydrogen-bond acceptors (Lipinski definition) is 2. The van der Waals surface area contributed by atoms with Crippen molar-refractivity contribution in [3.63, 3.8) is 0 Å². The van der Waals surface area contributed by atoms with E-state index in [0.717, 1.165) is 0 Å². The highest BCUT2D eigenvalue weighted by Crippen LogP contribution is 2.36. The molecule has 0 aromatic heterocycles. The molecule has 0 unspecified atom stereocenters. The molecule has 0 aliphatic heterocycles. The molecule has 0 aliphatic carbocycles. The van der Waals surface area contributed by atoms with Crippen molar-refractivity contribution in [1.82, 2.24) is 0 Å². The lowest BCUT2D eigenvalue weighted by atomic mass is 9.76. The van der Waals surface area contributed by atoms with Gasteiger partial charge >= 0.3 is 11.9 Å². The molecule has 0 aromatic rings. The fraction of sp³-hybridized carbons (Fsp3) is 0.556. The molecule has 0 rings (SSSR count). The normalized spacial score (nSPS) is 11.1. The Morgan fingerprint density at radius 1 is 1.13 bits per heavy atom. The highest BCUT2D eigenvalue weighted by Gasteiger charge is 2.43. The first kappa shape index (κ1) is 14.3. The van der Waals surface area contributed by atoms with Crippen LogP contribution in [0.5, 0.6) is 0 Å². The van der Waals surface area contributed by atoms with E-state index in [9.17, 15) is 9.59 Å².